The smallest absolute Gasteiger partial charge is 0.394 e. The molecular weight excluding hydrogens is 335 g/mol. The molecule has 1 fully saturated rings. The van der Waals surface area contributed by atoms with E-state index in [9.17, 15) is 18.8 Å². The number of carboxylic acid groups (broad SMARTS) is 1. The van der Waals surface area contributed by atoms with E-state index in [2.05, 4.69) is 5.32 Å². The fourth-order valence-corrected chi connectivity index (χ4v) is 3.17. The van der Waals surface area contributed by atoms with Crippen molar-refractivity contribution < 1.29 is 23.9 Å². The van der Waals surface area contributed by atoms with E-state index in [1.165, 1.54) is 28.8 Å². The number of carbonyl (C=O) groups excluding carboxylic acids is 2. The molecule has 6 nitrogen and oxygen atoms in total. The zero-order valence-electron chi connectivity index (χ0n) is 11.2. The summed E-state index contributed by atoms with van der Waals surface area (Å²) in [6.07, 6.45) is 0.338. The minimum absolute atomic E-state index is 0.0904. The molecule has 118 valence electrons. The van der Waals surface area contributed by atoms with Crippen LogP contribution in [-0.2, 0) is 14.4 Å². The Bertz CT molecular complexity index is 620. The summed E-state index contributed by atoms with van der Waals surface area (Å²) < 4.78 is 13.0. The minimum Gasteiger partial charge on any atom is -0.474 e. The average Bonchev–Trinajstić information content (AvgIpc) is 2.50. The van der Waals surface area contributed by atoms with Crippen LogP contribution in [0.5, 0.6) is 0 Å². The Morgan fingerprint density at radius 3 is 2.68 bits per heavy atom. The van der Waals surface area contributed by atoms with Gasteiger partial charge in [0.25, 0.3) is 0 Å². The van der Waals surface area contributed by atoms with Gasteiger partial charge in [-0.2, -0.15) is 0 Å². The lowest BCUT2D eigenvalue weighted by molar-refractivity contribution is -0.155. The summed E-state index contributed by atoms with van der Waals surface area (Å²) in [6, 6.07) is 3.86. The molecule has 0 aliphatic carbocycles. The quantitative estimate of drug-likeness (QED) is 0.797. The fourth-order valence-electron chi connectivity index (χ4n) is 1.90. The van der Waals surface area contributed by atoms with Crippen molar-refractivity contribution in [1.29, 1.82) is 0 Å². The Morgan fingerprint density at radius 2 is 2.14 bits per heavy atom. The van der Waals surface area contributed by atoms with Crippen molar-refractivity contribution in [2.45, 2.75) is 11.7 Å². The summed E-state index contributed by atoms with van der Waals surface area (Å²) in [4.78, 5) is 35.1. The first-order valence-electron chi connectivity index (χ1n) is 6.28. The second-order valence-electron chi connectivity index (χ2n) is 4.56. The molecule has 2 N–H and O–H groups in total. The third-order valence-corrected chi connectivity index (χ3v) is 4.65. The standard InChI is InChI=1S/C13H12ClFN2O4S/c14-8-5-7(1-2-9(8)15)16-11(18)10-3-4-17(6-22-10)12(19)13(20)21/h1-2,5,10H,3-4,6H2,(H,16,18)(H,20,21)/t10-/m1/s1. The first-order valence-corrected chi connectivity index (χ1v) is 7.71. The molecule has 0 bridgehead atoms. The van der Waals surface area contributed by atoms with Crippen LogP contribution in [0.15, 0.2) is 18.2 Å². The lowest BCUT2D eigenvalue weighted by atomic mass is 10.2. The van der Waals surface area contributed by atoms with E-state index in [0.29, 0.717) is 12.1 Å². The number of carboxylic acids is 1. The van der Waals surface area contributed by atoms with E-state index >= 15 is 0 Å². The largest absolute Gasteiger partial charge is 0.474 e. The van der Waals surface area contributed by atoms with Crippen molar-refractivity contribution in [3.05, 3.63) is 29.0 Å². The van der Waals surface area contributed by atoms with Crippen molar-refractivity contribution in [2.75, 3.05) is 17.7 Å². The molecule has 1 aromatic rings. The van der Waals surface area contributed by atoms with Gasteiger partial charge >= 0.3 is 11.9 Å². The van der Waals surface area contributed by atoms with Gasteiger partial charge < -0.3 is 15.3 Å². The molecule has 9 heteroatoms. The SMILES string of the molecule is O=C(O)C(=O)N1CC[C@H](C(=O)Nc2ccc(F)c(Cl)c2)SC1. The molecular formula is C13H12ClFN2O4S. The topological polar surface area (TPSA) is 86.7 Å². The number of rotatable bonds is 2. The van der Waals surface area contributed by atoms with Gasteiger partial charge in [0.2, 0.25) is 5.91 Å². The molecule has 0 aromatic heterocycles. The summed E-state index contributed by atoms with van der Waals surface area (Å²) >= 11 is 6.81. The van der Waals surface area contributed by atoms with Crippen LogP contribution in [0.1, 0.15) is 6.42 Å². The van der Waals surface area contributed by atoms with Crippen LogP contribution in [-0.4, -0.2) is 45.5 Å². The molecule has 1 aliphatic rings. The van der Waals surface area contributed by atoms with E-state index in [0.717, 1.165) is 6.07 Å². The van der Waals surface area contributed by atoms with Crippen LogP contribution in [0.3, 0.4) is 0 Å². The maximum Gasteiger partial charge on any atom is 0.394 e. The highest BCUT2D eigenvalue weighted by Crippen LogP contribution is 2.25. The summed E-state index contributed by atoms with van der Waals surface area (Å²) in [5, 5.41) is 10.7. The van der Waals surface area contributed by atoms with Gasteiger partial charge in [0, 0.05) is 12.2 Å². The Balaban J connectivity index is 1.91. The van der Waals surface area contributed by atoms with Gasteiger partial charge in [-0.1, -0.05) is 11.6 Å². The lowest BCUT2D eigenvalue weighted by Crippen LogP contribution is -2.43. The van der Waals surface area contributed by atoms with Crippen molar-refractivity contribution in [3.8, 4) is 0 Å². The van der Waals surface area contributed by atoms with Gasteiger partial charge in [-0.05, 0) is 24.6 Å². The van der Waals surface area contributed by atoms with Gasteiger partial charge in [0.05, 0.1) is 16.1 Å². The van der Waals surface area contributed by atoms with Crippen molar-refractivity contribution >= 4 is 46.8 Å². The van der Waals surface area contributed by atoms with Crippen LogP contribution in [0, 0.1) is 5.82 Å². The van der Waals surface area contributed by atoms with E-state index in [-0.39, 0.29) is 23.4 Å². The molecule has 0 saturated carbocycles. The van der Waals surface area contributed by atoms with Gasteiger partial charge in [-0.25, -0.2) is 9.18 Å². The summed E-state index contributed by atoms with van der Waals surface area (Å²) in [7, 11) is 0. The molecule has 1 aromatic carbocycles. The van der Waals surface area contributed by atoms with Gasteiger partial charge in [0.1, 0.15) is 5.82 Å². The molecule has 0 radical (unpaired) electrons. The van der Waals surface area contributed by atoms with Crippen LogP contribution >= 0.6 is 23.4 Å². The predicted molar refractivity (Wildman–Crippen MR) is 80.3 cm³/mol. The molecule has 1 aliphatic heterocycles. The monoisotopic (exact) mass is 346 g/mol. The molecule has 0 spiro atoms. The number of amides is 2. The molecule has 22 heavy (non-hydrogen) atoms. The Hall–Kier alpha value is -1.80. The normalized spacial score (nSPS) is 17.9. The van der Waals surface area contributed by atoms with Crippen molar-refractivity contribution in [2.24, 2.45) is 0 Å². The third-order valence-electron chi connectivity index (χ3n) is 3.04. The fraction of sp³-hybridized carbons (Fsp3) is 0.308. The van der Waals surface area contributed by atoms with Crippen LogP contribution in [0.2, 0.25) is 5.02 Å². The van der Waals surface area contributed by atoms with Gasteiger partial charge in [-0.3, -0.25) is 9.59 Å². The highest BCUT2D eigenvalue weighted by molar-refractivity contribution is 8.00. The number of hydrogen-bond acceptors (Lipinski definition) is 4. The third kappa shape index (κ3) is 3.89. The van der Waals surface area contributed by atoms with Crippen LogP contribution in [0.4, 0.5) is 10.1 Å². The predicted octanol–water partition coefficient (Wildman–Crippen LogP) is 1.79. The first-order chi connectivity index (χ1) is 10.4. The molecule has 1 saturated heterocycles. The minimum atomic E-state index is -1.51. The molecule has 1 heterocycles. The van der Waals surface area contributed by atoms with Crippen LogP contribution < -0.4 is 5.32 Å². The van der Waals surface area contributed by atoms with E-state index in [1.807, 2.05) is 0 Å². The number of halogens is 2. The highest BCUT2D eigenvalue weighted by Gasteiger charge is 2.30. The van der Waals surface area contributed by atoms with Crippen LogP contribution in [0.25, 0.3) is 0 Å². The number of aliphatic carboxylic acids is 1. The number of nitrogens with zero attached hydrogens (tertiary/aromatic N) is 1. The van der Waals surface area contributed by atoms with Crippen molar-refractivity contribution in [1.82, 2.24) is 4.90 Å². The second kappa shape index (κ2) is 6.97. The lowest BCUT2D eigenvalue weighted by Gasteiger charge is -2.29. The number of benzene rings is 1. The Morgan fingerprint density at radius 1 is 1.41 bits per heavy atom. The molecule has 2 rings (SSSR count). The van der Waals surface area contributed by atoms with Crippen molar-refractivity contribution in [3.63, 3.8) is 0 Å². The number of hydrogen-bond donors (Lipinski definition) is 2. The zero-order valence-corrected chi connectivity index (χ0v) is 12.8. The van der Waals surface area contributed by atoms with E-state index in [1.54, 1.807) is 0 Å². The first kappa shape index (κ1) is 16.6. The number of carbonyl (C=O) groups is 3. The summed E-state index contributed by atoms with van der Waals surface area (Å²) in [6.45, 7) is 0.195. The second-order valence-corrected chi connectivity index (χ2v) is 6.13. The summed E-state index contributed by atoms with van der Waals surface area (Å²) in [5.41, 5.74) is 0.376. The molecule has 2 amide bonds. The van der Waals surface area contributed by atoms with E-state index < -0.39 is 22.9 Å². The van der Waals surface area contributed by atoms with Gasteiger partial charge in [0.15, 0.2) is 0 Å². The van der Waals surface area contributed by atoms with Gasteiger partial charge in [-0.15, -0.1) is 11.8 Å². The Kier molecular flexibility index (Phi) is 5.25. The number of anilines is 1. The average molecular weight is 347 g/mol. The number of thioether (sulfide) groups is 1. The zero-order chi connectivity index (χ0) is 16.3. The summed E-state index contributed by atoms with van der Waals surface area (Å²) in [5.74, 6) is -3.22. The molecule has 1 atom stereocenters. The highest BCUT2D eigenvalue weighted by atomic mass is 35.5. The molecule has 0 unspecified atom stereocenters. The maximum absolute atomic E-state index is 13.0. The van der Waals surface area contributed by atoms with E-state index in [4.69, 9.17) is 16.7 Å². The number of nitrogens with one attached hydrogen (secondary N) is 1. The maximum atomic E-state index is 13.0. The Labute approximate surface area is 134 Å².